The summed E-state index contributed by atoms with van der Waals surface area (Å²) in [6, 6.07) is 4.38. The van der Waals surface area contributed by atoms with Crippen LogP contribution < -0.4 is 16.4 Å². The number of phenolic OH excluding ortho intramolecular Hbond substituents is 1. The molecule has 1 aromatic heterocycles. The first-order chi connectivity index (χ1) is 20.2. The molecule has 1 saturated heterocycles. The van der Waals surface area contributed by atoms with Crippen LogP contribution in [-0.4, -0.2) is 77.1 Å². The van der Waals surface area contributed by atoms with Crippen LogP contribution in [0.25, 0.3) is 11.0 Å². The number of hydrazone groups is 1. The molecule has 3 N–H and O–H groups in total. The highest BCUT2D eigenvalue weighted by Gasteiger charge is 2.52. The zero-order valence-corrected chi connectivity index (χ0v) is 24.9. The van der Waals surface area contributed by atoms with Crippen molar-refractivity contribution in [2.75, 3.05) is 6.61 Å². The zero-order valence-electron chi connectivity index (χ0n) is 24.1. The van der Waals surface area contributed by atoms with E-state index in [1.54, 1.807) is 13.0 Å². The van der Waals surface area contributed by atoms with Crippen LogP contribution in [0.4, 0.5) is 0 Å². The first kappa shape index (κ1) is 32.9. The molecule has 0 bridgehead atoms. The standard InChI is InChI=1S/C27H31N3O12S/c1-11-18-8-7-17(35)9-19(18)42-26(36)21(11)12(2)29-30-27(43)28-25-24(40-16(6)34)23(39-15(5)33)22(38-14(4)32)20(41-25)10-37-13(3)31/h7-9,20,22-25,35H,10H2,1-6H3,(H2,28,30,43)/b29-12+/t20-,22+,23+,24-,25-/m1/s1. The van der Waals surface area contributed by atoms with Gasteiger partial charge in [0.05, 0.1) is 11.3 Å². The number of aryl methyl sites for hydroxylation is 1. The van der Waals surface area contributed by atoms with E-state index in [2.05, 4.69) is 15.8 Å². The van der Waals surface area contributed by atoms with Gasteiger partial charge in [-0.15, -0.1) is 0 Å². The molecule has 0 radical (unpaired) electrons. The summed E-state index contributed by atoms with van der Waals surface area (Å²) in [5, 5.41) is 17.0. The van der Waals surface area contributed by atoms with Gasteiger partial charge in [0.1, 0.15) is 24.0 Å². The highest BCUT2D eigenvalue weighted by Crippen LogP contribution is 2.28. The lowest BCUT2D eigenvalue weighted by Gasteiger charge is -2.44. The molecule has 0 aliphatic carbocycles. The van der Waals surface area contributed by atoms with E-state index >= 15 is 0 Å². The molecule has 1 aliphatic heterocycles. The highest BCUT2D eigenvalue weighted by molar-refractivity contribution is 7.80. The van der Waals surface area contributed by atoms with Crippen LogP contribution in [0.3, 0.4) is 0 Å². The fourth-order valence-electron chi connectivity index (χ4n) is 4.46. The van der Waals surface area contributed by atoms with Gasteiger partial charge in [0, 0.05) is 39.1 Å². The molecule has 1 aliphatic rings. The van der Waals surface area contributed by atoms with Crippen LogP contribution in [0, 0.1) is 6.92 Å². The van der Waals surface area contributed by atoms with Crippen molar-refractivity contribution in [1.29, 1.82) is 0 Å². The van der Waals surface area contributed by atoms with Crippen molar-refractivity contribution in [2.24, 2.45) is 5.10 Å². The third kappa shape index (κ3) is 8.48. The lowest BCUT2D eigenvalue weighted by atomic mass is 9.97. The molecule has 0 spiro atoms. The molecular formula is C27H31N3O12S. The first-order valence-electron chi connectivity index (χ1n) is 12.9. The van der Waals surface area contributed by atoms with Crippen molar-refractivity contribution in [3.05, 3.63) is 39.7 Å². The van der Waals surface area contributed by atoms with E-state index in [9.17, 15) is 29.1 Å². The van der Waals surface area contributed by atoms with Crippen molar-refractivity contribution >= 4 is 57.9 Å². The quantitative estimate of drug-likeness (QED) is 0.0943. The Morgan fingerprint density at radius 2 is 1.56 bits per heavy atom. The van der Waals surface area contributed by atoms with Crippen molar-refractivity contribution < 1.29 is 52.4 Å². The predicted octanol–water partition coefficient (Wildman–Crippen LogP) is 1.08. The van der Waals surface area contributed by atoms with E-state index in [-0.39, 0.29) is 27.7 Å². The van der Waals surface area contributed by atoms with E-state index in [0.29, 0.717) is 10.9 Å². The molecule has 15 nitrogen and oxygen atoms in total. The summed E-state index contributed by atoms with van der Waals surface area (Å²) >= 11 is 5.34. The number of rotatable bonds is 8. The van der Waals surface area contributed by atoms with E-state index < -0.39 is 66.8 Å². The van der Waals surface area contributed by atoms with Gasteiger partial charge in [-0.25, -0.2) is 4.79 Å². The number of thiocarbonyl (C=S) groups is 1. The second-order valence-electron chi connectivity index (χ2n) is 9.47. The minimum Gasteiger partial charge on any atom is -0.508 e. The fraction of sp³-hybridized carbons (Fsp3) is 0.444. The summed E-state index contributed by atoms with van der Waals surface area (Å²) in [5.41, 5.74) is 2.97. The number of esters is 4. The maximum Gasteiger partial charge on any atom is 0.345 e. The van der Waals surface area contributed by atoms with Crippen LogP contribution in [0.5, 0.6) is 5.75 Å². The summed E-state index contributed by atoms with van der Waals surface area (Å²) in [6.07, 6.45) is -6.62. The van der Waals surface area contributed by atoms with E-state index in [4.69, 9.17) is 40.3 Å². The molecule has 5 atom stereocenters. The molecular weight excluding hydrogens is 590 g/mol. The molecule has 0 amide bonds. The summed E-state index contributed by atoms with van der Waals surface area (Å²) < 4.78 is 32.4. The molecule has 2 heterocycles. The Balaban J connectivity index is 1.90. The highest BCUT2D eigenvalue weighted by atomic mass is 32.1. The van der Waals surface area contributed by atoms with Gasteiger partial charge in [-0.1, -0.05) is 0 Å². The summed E-state index contributed by atoms with van der Waals surface area (Å²) in [6.45, 7) is 7.30. The number of ether oxygens (including phenoxy) is 5. The van der Waals surface area contributed by atoms with Gasteiger partial charge in [0.15, 0.2) is 29.7 Å². The molecule has 16 heteroatoms. The molecule has 1 fully saturated rings. The number of nitrogens with zero attached hydrogens (tertiary/aromatic N) is 1. The molecule has 0 saturated carbocycles. The fourth-order valence-corrected chi connectivity index (χ4v) is 4.62. The zero-order chi connectivity index (χ0) is 32.0. The van der Waals surface area contributed by atoms with Crippen LogP contribution in [-0.2, 0) is 42.9 Å². The molecule has 232 valence electrons. The van der Waals surface area contributed by atoms with Crippen molar-refractivity contribution in [2.45, 2.75) is 72.2 Å². The van der Waals surface area contributed by atoms with Gasteiger partial charge >= 0.3 is 29.5 Å². The molecule has 43 heavy (non-hydrogen) atoms. The Bertz CT molecular complexity index is 1520. The second-order valence-corrected chi connectivity index (χ2v) is 9.88. The van der Waals surface area contributed by atoms with E-state index in [1.807, 2.05) is 0 Å². The number of aromatic hydroxyl groups is 1. The SMILES string of the molecule is CC(=O)OC[C@H]1O[C@@H](NC(=S)N/N=C(\C)c2c(C)c3ccc(O)cc3oc2=O)[C@H](OC(C)=O)[C@@H](OC(C)=O)[C@H]1OC(C)=O. The Labute approximate surface area is 250 Å². The lowest BCUT2D eigenvalue weighted by molar-refractivity contribution is -0.254. The molecule has 2 aromatic rings. The lowest BCUT2D eigenvalue weighted by Crippen LogP contribution is -2.66. The van der Waals surface area contributed by atoms with Crippen LogP contribution >= 0.6 is 12.2 Å². The number of hydrogen-bond donors (Lipinski definition) is 3. The van der Waals surface area contributed by atoms with Crippen molar-refractivity contribution in [3.8, 4) is 5.75 Å². The Hall–Kier alpha value is -4.57. The number of phenols is 1. The topological polar surface area (TPSA) is 201 Å². The van der Waals surface area contributed by atoms with Gasteiger partial charge in [0.2, 0.25) is 0 Å². The van der Waals surface area contributed by atoms with Crippen LogP contribution in [0.2, 0.25) is 0 Å². The van der Waals surface area contributed by atoms with Crippen molar-refractivity contribution in [3.63, 3.8) is 0 Å². The molecule has 3 rings (SSSR count). The average Bonchev–Trinajstić information content (AvgIpc) is 2.88. The van der Waals surface area contributed by atoms with Gasteiger partial charge in [-0.3, -0.25) is 24.6 Å². The Kier molecular flexibility index (Phi) is 10.8. The summed E-state index contributed by atoms with van der Waals surface area (Å²) in [4.78, 5) is 60.1. The maximum absolute atomic E-state index is 12.7. The number of carbonyl (C=O) groups is 4. The van der Waals surface area contributed by atoms with Gasteiger partial charge in [-0.05, 0) is 43.8 Å². The predicted molar refractivity (Wildman–Crippen MR) is 152 cm³/mol. The normalized spacial score (nSPS) is 21.8. The minimum atomic E-state index is -1.39. The average molecular weight is 622 g/mol. The number of fused-ring (bicyclic) bond motifs is 1. The number of benzene rings is 1. The number of nitrogens with one attached hydrogen (secondary N) is 2. The maximum atomic E-state index is 12.7. The van der Waals surface area contributed by atoms with Crippen molar-refractivity contribution in [1.82, 2.24) is 10.7 Å². The van der Waals surface area contributed by atoms with Gasteiger partial charge in [0.25, 0.3) is 0 Å². The number of hydrogen-bond acceptors (Lipinski definition) is 14. The first-order valence-corrected chi connectivity index (χ1v) is 13.3. The smallest absolute Gasteiger partial charge is 0.345 e. The van der Waals surface area contributed by atoms with Gasteiger partial charge < -0.3 is 38.5 Å². The minimum absolute atomic E-state index is 0.0616. The second kappa shape index (κ2) is 14.1. The Morgan fingerprint density at radius 1 is 0.953 bits per heavy atom. The number of carbonyl (C=O) groups excluding carboxylic acids is 4. The van der Waals surface area contributed by atoms with E-state index in [0.717, 1.165) is 27.7 Å². The summed E-state index contributed by atoms with van der Waals surface area (Å²) in [7, 11) is 0. The summed E-state index contributed by atoms with van der Waals surface area (Å²) in [5.74, 6) is -3.05. The van der Waals surface area contributed by atoms with Gasteiger partial charge in [-0.2, -0.15) is 5.10 Å². The van der Waals surface area contributed by atoms with Crippen LogP contribution in [0.1, 0.15) is 45.7 Å². The monoisotopic (exact) mass is 621 g/mol. The van der Waals surface area contributed by atoms with Crippen LogP contribution in [0.15, 0.2) is 32.5 Å². The largest absolute Gasteiger partial charge is 0.508 e. The third-order valence-corrected chi connectivity index (χ3v) is 6.31. The molecule has 1 aromatic carbocycles. The molecule has 0 unspecified atom stereocenters. The Morgan fingerprint density at radius 3 is 2.16 bits per heavy atom. The van der Waals surface area contributed by atoms with E-state index in [1.165, 1.54) is 19.1 Å². The third-order valence-electron chi connectivity index (χ3n) is 6.10.